The Hall–Kier alpha value is -1.88. The molecule has 5 nitrogen and oxygen atoms in total. The van der Waals surface area contributed by atoms with Crippen LogP contribution in [0.4, 0.5) is 5.82 Å². The molecule has 96 valence electrons. The number of pyridine rings is 1. The molecule has 3 N–H and O–H groups in total. The Morgan fingerprint density at radius 2 is 2.28 bits per heavy atom. The van der Waals surface area contributed by atoms with E-state index in [0.717, 1.165) is 23.2 Å². The fourth-order valence-corrected chi connectivity index (χ4v) is 2.06. The van der Waals surface area contributed by atoms with Gasteiger partial charge in [-0.3, -0.25) is 4.68 Å². The van der Waals surface area contributed by atoms with Crippen LogP contribution in [0.1, 0.15) is 29.8 Å². The third-order valence-corrected chi connectivity index (χ3v) is 2.91. The number of nitrogens with zero attached hydrogens (tertiary/aromatic N) is 3. The average molecular weight is 246 g/mol. The molecule has 0 aromatic carbocycles. The standard InChI is InChI=1S/C13H18N4O/c1-3-11-10(8-17(2)16-11)12(18)6-9-4-5-15-13(14)7-9/h4-5,7-8,12,18H,3,6H2,1-2H3,(H2,14,15). The first-order chi connectivity index (χ1) is 8.60. The zero-order valence-electron chi connectivity index (χ0n) is 10.7. The Balaban J connectivity index is 2.18. The van der Waals surface area contributed by atoms with Crippen molar-refractivity contribution in [1.82, 2.24) is 14.8 Å². The van der Waals surface area contributed by atoms with Crippen LogP contribution in [0.2, 0.25) is 0 Å². The number of aliphatic hydroxyl groups excluding tert-OH is 1. The molecule has 2 rings (SSSR count). The Labute approximate surface area is 106 Å². The van der Waals surface area contributed by atoms with Gasteiger partial charge in [0.1, 0.15) is 5.82 Å². The molecule has 0 saturated carbocycles. The number of hydrogen-bond acceptors (Lipinski definition) is 4. The predicted molar refractivity (Wildman–Crippen MR) is 69.9 cm³/mol. The van der Waals surface area contributed by atoms with Crippen molar-refractivity contribution < 1.29 is 5.11 Å². The van der Waals surface area contributed by atoms with Crippen LogP contribution in [0.25, 0.3) is 0 Å². The molecule has 1 unspecified atom stereocenters. The van der Waals surface area contributed by atoms with Crippen LogP contribution < -0.4 is 5.73 Å². The lowest BCUT2D eigenvalue weighted by Crippen LogP contribution is -2.04. The zero-order valence-corrected chi connectivity index (χ0v) is 10.7. The summed E-state index contributed by atoms with van der Waals surface area (Å²) in [6, 6.07) is 3.65. The molecule has 0 amide bonds. The van der Waals surface area contributed by atoms with Gasteiger partial charge < -0.3 is 10.8 Å². The summed E-state index contributed by atoms with van der Waals surface area (Å²) in [4.78, 5) is 3.94. The summed E-state index contributed by atoms with van der Waals surface area (Å²) in [6.45, 7) is 2.03. The zero-order chi connectivity index (χ0) is 13.1. The first-order valence-electron chi connectivity index (χ1n) is 6.01. The van der Waals surface area contributed by atoms with Gasteiger partial charge >= 0.3 is 0 Å². The Morgan fingerprint density at radius 3 is 2.94 bits per heavy atom. The Bertz CT molecular complexity index is 536. The fourth-order valence-electron chi connectivity index (χ4n) is 2.06. The van der Waals surface area contributed by atoms with E-state index in [2.05, 4.69) is 10.1 Å². The van der Waals surface area contributed by atoms with Gasteiger partial charge in [-0.05, 0) is 24.1 Å². The Kier molecular flexibility index (Phi) is 3.62. The maximum atomic E-state index is 10.3. The van der Waals surface area contributed by atoms with Gasteiger partial charge in [0.05, 0.1) is 11.8 Å². The lowest BCUT2D eigenvalue weighted by atomic mass is 10.0. The van der Waals surface area contributed by atoms with Crippen LogP contribution in [0, 0.1) is 0 Å². The van der Waals surface area contributed by atoms with Crippen LogP contribution in [0.5, 0.6) is 0 Å². The molecule has 0 radical (unpaired) electrons. The normalized spacial score (nSPS) is 12.6. The van der Waals surface area contributed by atoms with Crippen molar-refractivity contribution in [2.75, 3.05) is 5.73 Å². The molecule has 2 heterocycles. The van der Waals surface area contributed by atoms with E-state index >= 15 is 0 Å². The minimum absolute atomic E-state index is 0.474. The molecule has 18 heavy (non-hydrogen) atoms. The second kappa shape index (κ2) is 5.18. The highest BCUT2D eigenvalue weighted by molar-refractivity contribution is 5.33. The van der Waals surface area contributed by atoms with E-state index in [9.17, 15) is 5.11 Å². The van der Waals surface area contributed by atoms with Crippen molar-refractivity contribution in [1.29, 1.82) is 0 Å². The molecule has 2 aromatic heterocycles. The lowest BCUT2D eigenvalue weighted by Gasteiger charge is -2.10. The van der Waals surface area contributed by atoms with E-state index in [4.69, 9.17) is 5.73 Å². The second-order valence-electron chi connectivity index (χ2n) is 4.37. The molecule has 0 aliphatic rings. The summed E-state index contributed by atoms with van der Waals surface area (Å²) < 4.78 is 1.73. The molecule has 0 aliphatic heterocycles. The summed E-state index contributed by atoms with van der Waals surface area (Å²) in [7, 11) is 1.86. The number of anilines is 1. The van der Waals surface area contributed by atoms with Crippen LogP contribution >= 0.6 is 0 Å². The largest absolute Gasteiger partial charge is 0.388 e. The van der Waals surface area contributed by atoms with E-state index < -0.39 is 6.10 Å². The first kappa shape index (κ1) is 12.6. The van der Waals surface area contributed by atoms with Crippen molar-refractivity contribution in [3.8, 4) is 0 Å². The SMILES string of the molecule is CCc1nn(C)cc1C(O)Cc1ccnc(N)c1. The van der Waals surface area contributed by atoms with Gasteiger partial charge in [0.25, 0.3) is 0 Å². The molecule has 0 spiro atoms. The highest BCUT2D eigenvalue weighted by Gasteiger charge is 2.15. The van der Waals surface area contributed by atoms with E-state index in [0.29, 0.717) is 12.2 Å². The van der Waals surface area contributed by atoms with Crippen molar-refractivity contribution in [2.45, 2.75) is 25.9 Å². The number of aryl methyl sites for hydroxylation is 2. The lowest BCUT2D eigenvalue weighted by molar-refractivity contribution is 0.177. The topological polar surface area (TPSA) is 77.0 Å². The molecule has 2 aromatic rings. The highest BCUT2D eigenvalue weighted by atomic mass is 16.3. The maximum absolute atomic E-state index is 10.3. The number of nitrogen functional groups attached to an aromatic ring is 1. The van der Waals surface area contributed by atoms with Gasteiger partial charge in [-0.2, -0.15) is 5.10 Å². The molecule has 5 heteroatoms. The van der Waals surface area contributed by atoms with Crippen LogP contribution in [0.15, 0.2) is 24.5 Å². The highest BCUT2D eigenvalue weighted by Crippen LogP contribution is 2.21. The van der Waals surface area contributed by atoms with Gasteiger partial charge in [0.2, 0.25) is 0 Å². The van der Waals surface area contributed by atoms with E-state index in [1.807, 2.05) is 26.2 Å². The molecule has 0 bridgehead atoms. The van der Waals surface area contributed by atoms with Crippen LogP contribution in [-0.4, -0.2) is 19.9 Å². The quantitative estimate of drug-likeness (QED) is 0.850. The number of nitrogens with two attached hydrogens (primary N) is 1. The van der Waals surface area contributed by atoms with Crippen molar-refractivity contribution in [3.05, 3.63) is 41.3 Å². The third-order valence-electron chi connectivity index (χ3n) is 2.91. The maximum Gasteiger partial charge on any atom is 0.123 e. The van der Waals surface area contributed by atoms with Crippen LogP contribution in [0.3, 0.4) is 0 Å². The fraction of sp³-hybridized carbons (Fsp3) is 0.385. The van der Waals surface area contributed by atoms with Gasteiger partial charge in [-0.1, -0.05) is 6.92 Å². The molecule has 0 aliphatic carbocycles. The predicted octanol–water partition coefficient (Wildman–Crippen LogP) is 1.24. The smallest absolute Gasteiger partial charge is 0.123 e. The number of rotatable bonds is 4. The van der Waals surface area contributed by atoms with Crippen molar-refractivity contribution in [2.24, 2.45) is 7.05 Å². The average Bonchev–Trinajstić information content (AvgIpc) is 2.70. The van der Waals surface area contributed by atoms with E-state index in [-0.39, 0.29) is 0 Å². The van der Waals surface area contributed by atoms with E-state index in [1.165, 1.54) is 0 Å². The Morgan fingerprint density at radius 1 is 1.50 bits per heavy atom. The number of aliphatic hydroxyl groups is 1. The monoisotopic (exact) mass is 246 g/mol. The van der Waals surface area contributed by atoms with Gasteiger partial charge in [-0.15, -0.1) is 0 Å². The minimum atomic E-state index is -0.560. The molecular formula is C13H18N4O. The van der Waals surface area contributed by atoms with Crippen LogP contribution in [-0.2, 0) is 19.9 Å². The molecule has 1 atom stereocenters. The number of aromatic nitrogens is 3. The molecule has 0 fully saturated rings. The third kappa shape index (κ3) is 2.68. The van der Waals surface area contributed by atoms with Gasteiger partial charge in [0, 0.05) is 31.4 Å². The number of hydrogen-bond donors (Lipinski definition) is 2. The van der Waals surface area contributed by atoms with Gasteiger partial charge in [-0.25, -0.2) is 4.98 Å². The minimum Gasteiger partial charge on any atom is -0.388 e. The van der Waals surface area contributed by atoms with Crippen molar-refractivity contribution in [3.63, 3.8) is 0 Å². The molecule has 0 saturated heterocycles. The van der Waals surface area contributed by atoms with Gasteiger partial charge in [0.15, 0.2) is 0 Å². The molecular weight excluding hydrogens is 228 g/mol. The first-order valence-corrected chi connectivity index (χ1v) is 6.01. The van der Waals surface area contributed by atoms with E-state index in [1.54, 1.807) is 16.9 Å². The summed E-state index contributed by atoms with van der Waals surface area (Å²) in [5.41, 5.74) is 8.42. The summed E-state index contributed by atoms with van der Waals surface area (Å²) in [5.74, 6) is 0.474. The second-order valence-corrected chi connectivity index (χ2v) is 4.37. The summed E-state index contributed by atoms with van der Waals surface area (Å²) in [5, 5.41) is 14.6. The summed E-state index contributed by atoms with van der Waals surface area (Å²) in [6.07, 6.45) is 4.29. The summed E-state index contributed by atoms with van der Waals surface area (Å²) >= 11 is 0. The van der Waals surface area contributed by atoms with Crippen molar-refractivity contribution >= 4 is 5.82 Å².